The monoisotopic (exact) mass is 210 g/mol. The number of nitrogens with one attached hydrogen (secondary N) is 1. The van der Waals surface area contributed by atoms with Gasteiger partial charge in [-0.2, -0.15) is 0 Å². The van der Waals surface area contributed by atoms with E-state index in [0.717, 1.165) is 24.4 Å². The van der Waals surface area contributed by atoms with Gasteiger partial charge in [0.15, 0.2) is 5.89 Å². The maximum absolute atomic E-state index is 8.81. The van der Waals surface area contributed by atoms with Crippen molar-refractivity contribution in [2.24, 2.45) is 0 Å². The van der Waals surface area contributed by atoms with E-state index < -0.39 is 0 Å². The second-order valence-corrected chi connectivity index (χ2v) is 4.03. The minimum Gasteiger partial charge on any atom is -0.446 e. The summed E-state index contributed by atoms with van der Waals surface area (Å²) in [6, 6.07) is 0.343. The Kier molecular flexibility index (Phi) is 3.38. The third kappa shape index (κ3) is 2.38. The number of hydrogen-bond donors (Lipinski definition) is 2. The zero-order valence-corrected chi connectivity index (χ0v) is 9.12. The van der Waals surface area contributed by atoms with Gasteiger partial charge in [-0.05, 0) is 26.3 Å². The molecule has 2 rings (SSSR count). The van der Waals surface area contributed by atoms with E-state index in [9.17, 15) is 0 Å². The average Bonchev–Trinajstić information content (AvgIpc) is 2.61. The molecular weight excluding hydrogens is 192 g/mol. The molecule has 15 heavy (non-hydrogen) atoms. The van der Waals surface area contributed by atoms with Gasteiger partial charge in [0.25, 0.3) is 0 Å². The van der Waals surface area contributed by atoms with Gasteiger partial charge in [-0.15, -0.1) is 0 Å². The Morgan fingerprint density at radius 1 is 1.53 bits per heavy atom. The number of oxazole rings is 1. The van der Waals surface area contributed by atoms with E-state index in [0.29, 0.717) is 18.4 Å². The molecule has 0 saturated carbocycles. The Hall–Kier alpha value is -0.870. The van der Waals surface area contributed by atoms with Crippen LogP contribution in [0.15, 0.2) is 4.42 Å². The van der Waals surface area contributed by atoms with Crippen LogP contribution in [0.25, 0.3) is 0 Å². The Balaban J connectivity index is 2.11. The Morgan fingerprint density at radius 3 is 3.07 bits per heavy atom. The molecule has 4 heteroatoms. The van der Waals surface area contributed by atoms with Crippen molar-refractivity contribution < 1.29 is 9.52 Å². The lowest BCUT2D eigenvalue weighted by atomic mass is 10.0. The zero-order valence-electron chi connectivity index (χ0n) is 9.12. The van der Waals surface area contributed by atoms with E-state index in [2.05, 4.69) is 10.3 Å². The fraction of sp³-hybridized carbons (Fsp3) is 0.727. The standard InChI is InChI=1S/C11H18N2O2/c1-8-11(9-4-2-3-6-12-9)13-10(15-8)5-7-14/h9,12,14H,2-7H2,1H3. The molecule has 0 aliphatic carbocycles. The predicted octanol–water partition coefficient (Wildman–Crippen LogP) is 1.33. The average molecular weight is 210 g/mol. The molecule has 0 amide bonds. The maximum atomic E-state index is 8.81. The van der Waals surface area contributed by atoms with Gasteiger partial charge in [0, 0.05) is 6.42 Å². The summed E-state index contributed by atoms with van der Waals surface area (Å²) in [6.45, 7) is 3.10. The molecule has 0 bridgehead atoms. The van der Waals surface area contributed by atoms with E-state index in [1.165, 1.54) is 12.8 Å². The molecule has 1 unspecified atom stereocenters. The molecule has 0 aromatic carbocycles. The minimum absolute atomic E-state index is 0.0947. The van der Waals surface area contributed by atoms with Crippen molar-refractivity contribution in [3.8, 4) is 0 Å². The quantitative estimate of drug-likeness (QED) is 0.790. The summed E-state index contributed by atoms with van der Waals surface area (Å²) in [7, 11) is 0. The van der Waals surface area contributed by atoms with Crippen LogP contribution in [-0.4, -0.2) is 23.2 Å². The predicted molar refractivity (Wildman–Crippen MR) is 56.6 cm³/mol. The third-order valence-corrected chi connectivity index (χ3v) is 2.84. The fourth-order valence-corrected chi connectivity index (χ4v) is 2.08. The molecule has 0 radical (unpaired) electrons. The number of aryl methyl sites for hydroxylation is 1. The summed E-state index contributed by atoms with van der Waals surface area (Å²) < 4.78 is 5.50. The van der Waals surface area contributed by atoms with Crippen molar-refractivity contribution in [1.29, 1.82) is 0 Å². The van der Waals surface area contributed by atoms with Gasteiger partial charge in [0.2, 0.25) is 0 Å². The molecule has 1 aromatic heterocycles. The highest BCUT2D eigenvalue weighted by Gasteiger charge is 2.21. The molecule has 1 aliphatic heterocycles. The summed E-state index contributed by atoms with van der Waals surface area (Å²) in [5, 5.41) is 12.3. The number of piperidine rings is 1. The first-order valence-electron chi connectivity index (χ1n) is 5.61. The molecule has 84 valence electrons. The number of nitrogens with zero attached hydrogens (tertiary/aromatic N) is 1. The van der Waals surface area contributed by atoms with Gasteiger partial charge in [0.05, 0.1) is 18.3 Å². The van der Waals surface area contributed by atoms with E-state index in [1.54, 1.807) is 0 Å². The van der Waals surface area contributed by atoms with Gasteiger partial charge >= 0.3 is 0 Å². The van der Waals surface area contributed by atoms with Crippen LogP contribution >= 0.6 is 0 Å². The lowest BCUT2D eigenvalue weighted by Gasteiger charge is -2.21. The van der Waals surface area contributed by atoms with Crippen molar-refractivity contribution >= 4 is 0 Å². The molecule has 4 nitrogen and oxygen atoms in total. The van der Waals surface area contributed by atoms with Crippen LogP contribution in [-0.2, 0) is 6.42 Å². The van der Waals surface area contributed by atoms with E-state index in [-0.39, 0.29) is 6.61 Å². The molecule has 1 fully saturated rings. The van der Waals surface area contributed by atoms with E-state index in [4.69, 9.17) is 9.52 Å². The highest BCUT2D eigenvalue weighted by atomic mass is 16.4. The summed E-state index contributed by atoms with van der Waals surface area (Å²) in [5.74, 6) is 1.54. The number of aliphatic hydroxyl groups is 1. The van der Waals surface area contributed by atoms with E-state index >= 15 is 0 Å². The summed E-state index contributed by atoms with van der Waals surface area (Å²) >= 11 is 0. The van der Waals surface area contributed by atoms with Crippen LogP contribution < -0.4 is 5.32 Å². The fourth-order valence-electron chi connectivity index (χ4n) is 2.08. The van der Waals surface area contributed by atoms with Gasteiger partial charge in [-0.3, -0.25) is 0 Å². The molecule has 1 saturated heterocycles. The Morgan fingerprint density at radius 2 is 2.40 bits per heavy atom. The SMILES string of the molecule is Cc1oc(CCO)nc1C1CCCCN1. The number of rotatable bonds is 3. The maximum Gasteiger partial charge on any atom is 0.196 e. The molecule has 1 aromatic rings. The van der Waals surface area contributed by atoms with Crippen LogP contribution in [0, 0.1) is 6.92 Å². The first kappa shape index (κ1) is 10.6. The summed E-state index contributed by atoms with van der Waals surface area (Å²) in [5.41, 5.74) is 1.03. The number of aliphatic hydroxyl groups excluding tert-OH is 1. The highest BCUT2D eigenvalue weighted by Crippen LogP contribution is 2.25. The lowest BCUT2D eigenvalue weighted by Crippen LogP contribution is -2.27. The summed E-state index contributed by atoms with van der Waals surface area (Å²) in [6.07, 6.45) is 4.13. The Labute approximate surface area is 89.7 Å². The molecule has 1 atom stereocenters. The van der Waals surface area contributed by atoms with Crippen molar-refractivity contribution in [1.82, 2.24) is 10.3 Å². The van der Waals surface area contributed by atoms with Crippen molar-refractivity contribution in [2.45, 2.75) is 38.6 Å². The van der Waals surface area contributed by atoms with Crippen LogP contribution in [0.2, 0.25) is 0 Å². The number of hydrogen-bond acceptors (Lipinski definition) is 4. The van der Waals surface area contributed by atoms with Crippen molar-refractivity contribution in [3.63, 3.8) is 0 Å². The number of aromatic nitrogens is 1. The highest BCUT2D eigenvalue weighted by molar-refractivity contribution is 5.14. The topological polar surface area (TPSA) is 58.3 Å². The molecule has 2 N–H and O–H groups in total. The first-order valence-corrected chi connectivity index (χ1v) is 5.61. The van der Waals surface area contributed by atoms with Gasteiger partial charge in [-0.25, -0.2) is 4.98 Å². The first-order chi connectivity index (χ1) is 7.31. The Bertz CT molecular complexity index is 316. The second kappa shape index (κ2) is 4.77. The summed E-state index contributed by atoms with van der Waals surface area (Å²) in [4.78, 5) is 4.43. The molecule has 1 aliphatic rings. The largest absolute Gasteiger partial charge is 0.446 e. The smallest absolute Gasteiger partial charge is 0.196 e. The van der Waals surface area contributed by atoms with E-state index in [1.807, 2.05) is 6.92 Å². The molecule has 0 spiro atoms. The normalized spacial score (nSPS) is 21.9. The van der Waals surface area contributed by atoms with Crippen LogP contribution in [0.1, 0.15) is 42.6 Å². The van der Waals surface area contributed by atoms with Crippen LogP contribution in [0.3, 0.4) is 0 Å². The van der Waals surface area contributed by atoms with Crippen molar-refractivity contribution in [2.75, 3.05) is 13.2 Å². The molecule has 2 heterocycles. The van der Waals surface area contributed by atoms with Gasteiger partial charge in [0.1, 0.15) is 5.76 Å². The van der Waals surface area contributed by atoms with Gasteiger partial charge in [-0.1, -0.05) is 6.42 Å². The lowest BCUT2D eigenvalue weighted by molar-refractivity contribution is 0.284. The third-order valence-electron chi connectivity index (χ3n) is 2.84. The van der Waals surface area contributed by atoms with Gasteiger partial charge < -0.3 is 14.8 Å². The minimum atomic E-state index is 0.0947. The van der Waals surface area contributed by atoms with Crippen LogP contribution in [0.5, 0.6) is 0 Å². The van der Waals surface area contributed by atoms with Crippen molar-refractivity contribution in [3.05, 3.63) is 17.3 Å². The molecular formula is C11H18N2O2. The van der Waals surface area contributed by atoms with Crippen LogP contribution in [0.4, 0.5) is 0 Å². The zero-order chi connectivity index (χ0) is 10.7. The second-order valence-electron chi connectivity index (χ2n) is 4.03.